The van der Waals surface area contributed by atoms with E-state index < -0.39 is 0 Å². The number of benzene rings is 3. The fraction of sp³-hybridized carbons (Fsp3) is 0. The van der Waals surface area contributed by atoms with Crippen LogP contribution in [-0.4, -0.2) is 15.0 Å². The van der Waals surface area contributed by atoms with Gasteiger partial charge in [-0.05, 0) is 63.7 Å². The molecule has 0 radical (unpaired) electrons. The van der Waals surface area contributed by atoms with Gasteiger partial charge in [0, 0.05) is 5.56 Å². The normalized spacial score (nSPS) is 10.7. The van der Waals surface area contributed by atoms with E-state index in [1.165, 1.54) is 0 Å². The van der Waals surface area contributed by atoms with Crippen molar-refractivity contribution < 1.29 is 0 Å². The van der Waals surface area contributed by atoms with E-state index in [-0.39, 0.29) is 10.6 Å². The third-order valence-corrected chi connectivity index (χ3v) is 4.32. The summed E-state index contributed by atoms with van der Waals surface area (Å²) in [5.41, 5.74) is 5.18. The highest BCUT2D eigenvalue weighted by Crippen LogP contribution is 2.32. The Bertz CT molecular complexity index is 973. The number of halogens is 2. The second-order valence-corrected chi connectivity index (χ2v) is 6.40. The van der Waals surface area contributed by atoms with Crippen LogP contribution >= 0.6 is 23.2 Å². The molecule has 5 heteroatoms. The van der Waals surface area contributed by atoms with Crippen LogP contribution in [0.3, 0.4) is 0 Å². The van der Waals surface area contributed by atoms with Crippen LogP contribution in [0.5, 0.6) is 0 Å². The van der Waals surface area contributed by atoms with Gasteiger partial charge < -0.3 is 0 Å². The van der Waals surface area contributed by atoms with Crippen LogP contribution in [0.15, 0.2) is 78.9 Å². The van der Waals surface area contributed by atoms with Crippen molar-refractivity contribution >= 4 is 23.2 Å². The predicted octanol–water partition coefficient (Wildman–Crippen LogP) is 6.18. The molecule has 0 unspecified atom stereocenters. The minimum Gasteiger partial charge on any atom is -0.198 e. The number of rotatable bonds is 3. The van der Waals surface area contributed by atoms with Gasteiger partial charge in [-0.3, -0.25) is 0 Å². The van der Waals surface area contributed by atoms with Crippen LogP contribution in [0.4, 0.5) is 0 Å². The average Bonchev–Trinajstić information content (AvgIpc) is 2.68. The summed E-state index contributed by atoms with van der Waals surface area (Å²) < 4.78 is 0. The first-order chi connectivity index (χ1) is 12.7. The maximum Gasteiger partial charge on any atom is 0.227 e. The van der Waals surface area contributed by atoms with Gasteiger partial charge in [0.05, 0.1) is 0 Å². The van der Waals surface area contributed by atoms with E-state index in [1.807, 2.05) is 48.5 Å². The molecule has 0 saturated heterocycles. The lowest BCUT2D eigenvalue weighted by Crippen LogP contribution is -1.95. The molecule has 0 amide bonds. The molecule has 1 heterocycles. The molecule has 3 aromatic carbocycles. The van der Waals surface area contributed by atoms with Crippen LogP contribution in [-0.2, 0) is 0 Å². The number of nitrogens with zero attached hydrogens (tertiary/aromatic N) is 3. The van der Waals surface area contributed by atoms with Gasteiger partial charge in [0.2, 0.25) is 10.6 Å². The maximum absolute atomic E-state index is 5.97. The molecule has 0 saturated carbocycles. The standard InChI is InChI=1S/C21H13Cl2N3/c22-20-24-19(25-21(23)26-20)18-12-16(14-7-3-1-4-8-14)11-17(13-18)15-9-5-2-6-10-15/h1-13H. The lowest BCUT2D eigenvalue weighted by Gasteiger charge is -2.10. The van der Waals surface area contributed by atoms with E-state index in [4.69, 9.17) is 23.2 Å². The minimum absolute atomic E-state index is 0.0753. The Morgan fingerprint density at radius 1 is 0.462 bits per heavy atom. The Morgan fingerprint density at radius 2 is 0.885 bits per heavy atom. The highest BCUT2D eigenvalue weighted by atomic mass is 35.5. The van der Waals surface area contributed by atoms with Gasteiger partial charge in [0.1, 0.15) is 0 Å². The van der Waals surface area contributed by atoms with Gasteiger partial charge in [-0.15, -0.1) is 0 Å². The van der Waals surface area contributed by atoms with Gasteiger partial charge in [-0.2, -0.15) is 15.0 Å². The molecule has 26 heavy (non-hydrogen) atoms. The summed E-state index contributed by atoms with van der Waals surface area (Å²) in [5, 5.41) is 0.151. The summed E-state index contributed by atoms with van der Waals surface area (Å²) in [4.78, 5) is 12.3. The largest absolute Gasteiger partial charge is 0.227 e. The van der Waals surface area contributed by atoms with Crippen molar-refractivity contribution in [3.05, 3.63) is 89.4 Å². The van der Waals surface area contributed by atoms with Gasteiger partial charge >= 0.3 is 0 Å². The maximum atomic E-state index is 5.97. The average molecular weight is 378 g/mol. The van der Waals surface area contributed by atoms with Crippen molar-refractivity contribution in [2.24, 2.45) is 0 Å². The van der Waals surface area contributed by atoms with Crippen LogP contribution < -0.4 is 0 Å². The van der Waals surface area contributed by atoms with Gasteiger partial charge in [0.15, 0.2) is 5.82 Å². The Kier molecular flexibility index (Phi) is 4.65. The highest BCUT2D eigenvalue weighted by Gasteiger charge is 2.11. The van der Waals surface area contributed by atoms with E-state index >= 15 is 0 Å². The first kappa shape index (κ1) is 16.7. The van der Waals surface area contributed by atoms with Gasteiger partial charge in [-0.25, -0.2) is 0 Å². The SMILES string of the molecule is Clc1nc(Cl)nc(-c2cc(-c3ccccc3)cc(-c3ccccc3)c2)n1. The molecule has 1 aromatic heterocycles. The first-order valence-corrected chi connectivity index (χ1v) is 8.78. The van der Waals surface area contributed by atoms with E-state index in [1.54, 1.807) is 0 Å². The molecular weight excluding hydrogens is 365 g/mol. The molecule has 0 bridgehead atoms. The number of hydrogen-bond acceptors (Lipinski definition) is 3. The summed E-state index contributed by atoms with van der Waals surface area (Å²) in [6.07, 6.45) is 0. The summed E-state index contributed by atoms with van der Waals surface area (Å²) in [6, 6.07) is 26.6. The zero-order valence-electron chi connectivity index (χ0n) is 13.6. The van der Waals surface area contributed by atoms with Crippen molar-refractivity contribution in [2.45, 2.75) is 0 Å². The van der Waals surface area contributed by atoms with Gasteiger partial charge in [0.25, 0.3) is 0 Å². The Hall–Kier alpha value is -2.75. The van der Waals surface area contributed by atoms with E-state index in [2.05, 4.69) is 45.3 Å². The molecule has 0 fully saturated rings. The quantitative estimate of drug-likeness (QED) is 0.427. The molecule has 4 rings (SSSR count). The van der Waals surface area contributed by atoms with Crippen molar-refractivity contribution in [3.8, 4) is 33.6 Å². The molecule has 3 nitrogen and oxygen atoms in total. The van der Waals surface area contributed by atoms with Crippen molar-refractivity contribution in [1.29, 1.82) is 0 Å². The first-order valence-electron chi connectivity index (χ1n) is 8.02. The molecule has 0 aliphatic heterocycles. The second kappa shape index (κ2) is 7.24. The summed E-state index contributed by atoms with van der Waals surface area (Å²) >= 11 is 11.9. The minimum atomic E-state index is 0.0753. The van der Waals surface area contributed by atoms with Crippen LogP contribution in [0.2, 0.25) is 10.6 Å². The Morgan fingerprint density at radius 3 is 1.35 bits per heavy atom. The van der Waals surface area contributed by atoms with Crippen LogP contribution in [0.1, 0.15) is 0 Å². The predicted molar refractivity (Wildman–Crippen MR) is 106 cm³/mol. The summed E-state index contributed by atoms with van der Waals surface area (Å²) in [7, 11) is 0. The zero-order valence-corrected chi connectivity index (χ0v) is 15.1. The highest BCUT2D eigenvalue weighted by molar-refractivity contribution is 6.31. The van der Waals surface area contributed by atoms with E-state index in [9.17, 15) is 0 Å². The molecular formula is C21H13Cl2N3. The lowest BCUT2D eigenvalue weighted by molar-refractivity contribution is 1.06. The molecule has 126 valence electrons. The second-order valence-electron chi connectivity index (χ2n) is 5.73. The Labute approximate surface area is 161 Å². The van der Waals surface area contributed by atoms with Crippen molar-refractivity contribution in [1.82, 2.24) is 15.0 Å². The fourth-order valence-electron chi connectivity index (χ4n) is 2.81. The lowest BCUT2D eigenvalue weighted by atomic mass is 9.96. The zero-order chi connectivity index (χ0) is 17.9. The van der Waals surface area contributed by atoms with Gasteiger partial charge in [-0.1, -0.05) is 60.7 Å². The van der Waals surface area contributed by atoms with Crippen molar-refractivity contribution in [3.63, 3.8) is 0 Å². The smallest absolute Gasteiger partial charge is 0.198 e. The topological polar surface area (TPSA) is 38.7 Å². The van der Waals surface area contributed by atoms with E-state index in [0.29, 0.717) is 5.82 Å². The molecule has 0 aliphatic rings. The monoisotopic (exact) mass is 377 g/mol. The third kappa shape index (κ3) is 3.59. The number of hydrogen-bond donors (Lipinski definition) is 0. The summed E-state index contributed by atoms with van der Waals surface area (Å²) in [6.45, 7) is 0. The molecule has 4 aromatic rings. The van der Waals surface area contributed by atoms with Crippen LogP contribution in [0.25, 0.3) is 33.6 Å². The Balaban J connectivity index is 1.93. The van der Waals surface area contributed by atoms with Crippen LogP contribution in [0, 0.1) is 0 Å². The number of aromatic nitrogens is 3. The van der Waals surface area contributed by atoms with Crippen molar-refractivity contribution in [2.75, 3.05) is 0 Å². The molecule has 0 N–H and O–H groups in total. The van der Waals surface area contributed by atoms with E-state index in [0.717, 1.165) is 27.8 Å². The fourth-order valence-corrected chi connectivity index (χ4v) is 3.17. The summed E-state index contributed by atoms with van der Waals surface area (Å²) in [5.74, 6) is 0.449. The molecule has 0 spiro atoms. The molecule has 0 aliphatic carbocycles. The molecule has 0 atom stereocenters. The third-order valence-electron chi connectivity index (χ3n) is 3.99.